The van der Waals surface area contributed by atoms with Crippen molar-refractivity contribution in [1.29, 1.82) is 0 Å². The SMILES string of the molecule is CCCCCCCCC#CN1CCCC1=O. The van der Waals surface area contributed by atoms with Crippen molar-refractivity contribution in [2.45, 2.75) is 64.7 Å². The Balaban J connectivity index is 1.98. The predicted octanol–water partition coefficient (Wildman–Crippen LogP) is 3.32. The number of carbonyl (C=O) groups is 1. The number of rotatable bonds is 6. The van der Waals surface area contributed by atoms with Gasteiger partial charge in [0, 0.05) is 25.4 Å². The normalized spacial score (nSPS) is 15.1. The van der Waals surface area contributed by atoms with Gasteiger partial charge in [0.2, 0.25) is 5.91 Å². The van der Waals surface area contributed by atoms with Crippen molar-refractivity contribution < 1.29 is 4.79 Å². The smallest absolute Gasteiger partial charge is 0.234 e. The maximum atomic E-state index is 11.2. The van der Waals surface area contributed by atoms with E-state index in [0.717, 1.165) is 19.4 Å². The van der Waals surface area contributed by atoms with Gasteiger partial charge in [-0.1, -0.05) is 44.9 Å². The molecule has 0 bridgehead atoms. The Hall–Kier alpha value is -0.970. The predicted molar refractivity (Wildman–Crippen MR) is 66.7 cm³/mol. The molecule has 0 aromatic carbocycles. The van der Waals surface area contributed by atoms with Gasteiger partial charge in [0.25, 0.3) is 0 Å². The second-order valence-corrected chi connectivity index (χ2v) is 4.46. The molecule has 2 heteroatoms. The first-order valence-electron chi connectivity index (χ1n) is 6.63. The highest BCUT2D eigenvalue weighted by Gasteiger charge is 2.17. The van der Waals surface area contributed by atoms with E-state index in [0.29, 0.717) is 6.42 Å². The first kappa shape index (κ1) is 13.1. The van der Waals surface area contributed by atoms with Crippen LogP contribution in [0, 0.1) is 12.0 Å². The van der Waals surface area contributed by atoms with E-state index in [9.17, 15) is 4.79 Å². The molecule has 1 rings (SSSR count). The molecule has 0 saturated carbocycles. The lowest BCUT2D eigenvalue weighted by Gasteiger charge is -2.03. The molecule has 1 saturated heterocycles. The first-order valence-corrected chi connectivity index (χ1v) is 6.63. The number of unbranched alkanes of at least 4 members (excludes halogenated alkanes) is 6. The fourth-order valence-electron chi connectivity index (χ4n) is 1.91. The summed E-state index contributed by atoms with van der Waals surface area (Å²) < 4.78 is 0. The Morgan fingerprint density at radius 1 is 1.19 bits per heavy atom. The molecule has 0 radical (unpaired) electrons. The summed E-state index contributed by atoms with van der Waals surface area (Å²) in [6.07, 6.45) is 10.4. The van der Waals surface area contributed by atoms with E-state index >= 15 is 0 Å². The molecular weight excluding hydrogens is 198 g/mol. The topological polar surface area (TPSA) is 20.3 Å². The molecule has 0 atom stereocenters. The molecule has 0 N–H and O–H groups in total. The molecule has 16 heavy (non-hydrogen) atoms. The van der Waals surface area contributed by atoms with E-state index < -0.39 is 0 Å². The summed E-state index contributed by atoms with van der Waals surface area (Å²) >= 11 is 0. The monoisotopic (exact) mass is 221 g/mol. The molecule has 1 aliphatic rings. The molecule has 0 aromatic heterocycles. The second kappa shape index (κ2) is 8.21. The van der Waals surface area contributed by atoms with Crippen molar-refractivity contribution in [2.24, 2.45) is 0 Å². The Labute approximate surface area is 99.4 Å². The molecule has 0 aliphatic carbocycles. The van der Waals surface area contributed by atoms with Crippen LogP contribution < -0.4 is 0 Å². The minimum Gasteiger partial charge on any atom is -0.274 e. The summed E-state index contributed by atoms with van der Waals surface area (Å²) in [7, 11) is 0. The fourth-order valence-corrected chi connectivity index (χ4v) is 1.91. The van der Waals surface area contributed by atoms with Crippen molar-refractivity contribution in [3.63, 3.8) is 0 Å². The number of amides is 1. The van der Waals surface area contributed by atoms with Crippen LogP contribution >= 0.6 is 0 Å². The van der Waals surface area contributed by atoms with Gasteiger partial charge in [-0.05, 0) is 12.8 Å². The van der Waals surface area contributed by atoms with Crippen LogP contribution in [0.25, 0.3) is 0 Å². The average Bonchev–Trinajstić information content (AvgIpc) is 2.68. The molecule has 90 valence electrons. The van der Waals surface area contributed by atoms with Crippen molar-refractivity contribution >= 4 is 5.91 Å². The number of nitrogens with zero attached hydrogens (tertiary/aromatic N) is 1. The highest BCUT2D eigenvalue weighted by Crippen LogP contribution is 2.08. The second-order valence-electron chi connectivity index (χ2n) is 4.46. The van der Waals surface area contributed by atoms with Gasteiger partial charge in [0.05, 0.1) is 0 Å². The van der Waals surface area contributed by atoms with Crippen LogP contribution in [0.2, 0.25) is 0 Å². The Kier molecular flexibility index (Phi) is 6.72. The van der Waals surface area contributed by atoms with Crippen molar-refractivity contribution in [1.82, 2.24) is 4.90 Å². The summed E-state index contributed by atoms with van der Waals surface area (Å²) in [5.74, 6) is 3.31. The van der Waals surface area contributed by atoms with Crippen LogP contribution in [0.1, 0.15) is 64.7 Å². The van der Waals surface area contributed by atoms with Gasteiger partial charge < -0.3 is 0 Å². The summed E-state index contributed by atoms with van der Waals surface area (Å²) in [4.78, 5) is 12.9. The van der Waals surface area contributed by atoms with Gasteiger partial charge in [-0.25, -0.2) is 0 Å². The largest absolute Gasteiger partial charge is 0.274 e. The van der Waals surface area contributed by atoms with E-state index in [1.165, 1.54) is 38.5 Å². The van der Waals surface area contributed by atoms with Crippen LogP contribution in [0.3, 0.4) is 0 Å². The third-order valence-electron chi connectivity index (χ3n) is 2.94. The summed E-state index contributed by atoms with van der Waals surface area (Å²) in [5.41, 5.74) is 0. The lowest BCUT2D eigenvalue weighted by molar-refractivity contribution is -0.124. The van der Waals surface area contributed by atoms with Crippen LogP contribution in [0.4, 0.5) is 0 Å². The Morgan fingerprint density at radius 2 is 1.94 bits per heavy atom. The molecule has 0 unspecified atom stereocenters. The Morgan fingerprint density at radius 3 is 2.62 bits per heavy atom. The van der Waals surface area contributed by atoms with Gasteiger partial charge in [-0.15, -0.1) is 0 Å². The Bertz CT molecular complexity index is 262. The van der Waals surface area contributed by atoms with E-state index in [-0.39, 0.29) is 5.91 Å². The zero-order valence-electron chi connectivity index (χ0n) is 10.4. The van der Waals surface area contributed by atoms with Crippen molar-refractivity contribution in [3.05, 3.63) is 0 Å². The number of hydrogen-bond acceptors (Lipinski definition) is 1. The molecule has 0 spiro atoms. The average molecular weight is 221 g/mol. The lowest BCUT2D eigenvalue weighted by atomic mass is 10.1. The quantitative estimate of drug-likeness (QED) is 0.497. The van der Waals surface area contributed by atoms with Gasteiger partial charge in [0.15, 0.2) is 0 Å². The molecular formula is C14H23NO. The highest BCUT2D eigenvalue weighted by atomic mass is 16.2. The molecule has 1 heterocycles. The molecule has 1 amide bonds. The fraction of sp³-hybridized carbons (Fsp3) is 0.786. The van der Waals surface area contributed by atoms with E-state index in [2.05, 4.69) is 18.9 Å². The molecule has 1 fully saturated rings. The first-order chi connectivity index (χ1) is 7.84. The standard InChI is InChI=1S/C14H23NO/c1-2-3-4-5-6-7-8-9-12-15-13-10-11-14(15)16/h2-8,10-11,13H2,1H3. The van der Waals surface area contributed by atoms with Gasteiger partial charge in [-0.2, -0.15) is 0 Å². The van der Waals surface area contributed by atoms with E-state index in [1.807, 2.05) is 0 Å². The third kappa shape index (κ3) is 5.21. The highest BCUT2D eigenvalue weighted by molar-refractivity contribution is 5.79. The van der Waals surface area contributed by atoms with E-state index in [4.69, 9.17) is 0 Å². The van der Waals surface area contributed by atoms with Crippen molar-refractivity contribution in [2.75, 3.05) is 6.54 Å². The zero-order valence-corrected chi connectivity index (χ0v) is 10.4. The summed E-state index contributed by atoms with van der Waals surface area (Å²) in [6.45, 7) is 3.07. The van der Waals surface area contributed by atoms with Crippen LogP contribution in [0.5, 0.6) is 0 Å². The van der Waals surface area contributed by atoms with Gasteiger partial charge in [-0.3, -0.25) is 9.69 Å². The number of hydrogen-bond donors (Lipinski definition) is 0. The van der Waals surface area contributed by atoms with Crippen LogP contribution in [0.15, 0.2) is 0 Å². The molecule has 2 nitrogen and oxygen atoms in total. The van der Waals surface area contributed by atoms with Crippen molar-refractivity contribution in [3.8, 4) is 12.0 Å². The summed E-state index contributed by atoms with van der Waals surface area (Å²) in [5, 5.41) is 0. The summed E-state index contributed by atoms with van der Waals surface area (Å²) in [6, 6.07) is 2.97. The maximum absolute atomic E-state index is 11.2. The number of carbonyl (C=O) groups excluding carboxylic acids is 1. The van der Waals surface area contributed by atoms with Gasteiger partial charge in [0.1, 0.15) is 0 Å². The van der Waals surface area contributed by atoms with Crippen LogP contribution in [-0.4, -0.2) is 17.4 Å². The van der Waals surface area contributed by atoms with E-state index in [1.54, 1.807) is 4.90 Å². The minimum absolute atomic E-state index is 0.204. The number of likely N-dealkylation sites (tertiary alicyclic amines) is 1. The molecule has 1 aliphatic heterocycles. The van der Waals surface area contributed by atoms with Crippen LogP contribution in [-0.2, 0) is 4.79 Å². The minimum atomic E-state index is 0.204. The maximum Gasteiger partial charge on any atom is 0.234 e. The third-order valence-corrected chi connectivity index (χ3v) is 2.94. The zero-order chi connectivity index (χ0) is 11.6. The van der Waals surface area contributed by atoms with Gasteiger partial charge >= 0.3 is 0 Å². The molecule has 0 aromatic rings. The lowest BCUT2D eigenvalue weighted by Crippen LogP contribution is -2.17.